The molecule has 0 amide bonds. The first-order valence-corrected chi connectivity index (χ1v) is 5.20. The van der Waals surface area contributed by atoms with E-state index >= 15 is 0 Å². The first-order chi connectivity index (χ1) is 7.58. The minimum Gasteiger partial charge on any atom is -0.454 e. The molecule has 0 fully saturated rings. The van der Waals surface area contributed by atoms with Crippen LogP contribution in [0.25, 0.3) is 0 Å². The van der Waals surface area contributed by atoms with E-state index in [1.807, 2.05) is 13.8 Å². The van der Waals surface area contributed by atoms with Crippen LogP contribution < -0.4 is 9.47 Å². The summed E-state index contributed by atoms with van der Waals surface area (Å²) < 4.78 is 23.7. The Morgan fingerprint density at radius 2 is 2.00 bits per heavy atom. The summed E-state index contributed by atoms with van der Waals surface area (Å²) in [7, 11) is 0. The molecule has 0 N–H and O–H groups in total. The monoisotopic (exact) mass is 224 g/mol. The van der Waals surface area contributed by atoms with E-state index in [9.17, 15) is 9.18 Å². The summed E-state index contributed by atoms with van der Waals surface area (Å²) in [4.78, 5) is 11.7. The second-order valence-electron chi connectivity index (χ2n) is 4.21. The van der Waals surface area contributed by atoms with Crippen molar-refractivity contribution in [1.29, 1.82) is 0 Å². The highest BCUT2D eigenvalue weighted by Gasteiger charge is 2.21. The first-order valence-electron chi connectivity index (χ1n) is 5.20. The second-order valence-corrected chi connectivity index (χ2v) is 4.21. The Morgan fingerprint density at radius 1 is 1.38 bits per heavy atom. The molecule has 0 aliphatic carbocycles. The topological polar surface area (TPSA) is 35.5 Å². The third kappa shape index (κ3) is 2.01. The summed E-state index contributed by atoms with van der Waals surface area (Å²) in [5, 5.41) is 0. The highest BCUT2D eigenvalue weighted by Crippen LogP contribution is 2.34. The number of ketones is 1. The summed E-state index contributed by atoms with van der Waals surface area (Å²) in [5.41, 5.74) is 0.0814. The number of fused-ring (bicyclic) bond motifs is 1. The molecule has 1 heterocycles. The van der Waals surface area contributed by atoms with Crippen molar-refractivity contribution in [3.05, 3.63) is 23.5 Å². The first kappa shape index (κ1) is 10.9. The summed E-state index contributed by atoms with van der Waals surface area (Å²) >= 11 is 0. The summed E-state index contributed by atoms with van der Waals surface area (Å²) in [6.07, 6.45) is 0.330. The minimum absolute atomic E-state index is 0.0800. The fourth-order valence-corrected chi connectivity index (χ4v) is 1.61. The van der Waals surface area contributed by atoms with Crippen LogP contribution in [0.2, 0.25) is 0 Å². The molecule has 1 aliphatic rings. The smallest absolute Gasteiger partial charge is 0.231 e. The molecule has 0 spiro atoms. The fourth-order valence-electron chi connectivity index (χ4n) is 1.61. The molecule has 0 aromatic heterocycles. The number of ether oxygens (including phenoxy) is 2. The molecule has 0 radical (unpaired) electrons. The minimum atomic E-state index is -0.546. The Bertz CT molecular complexity index is 427. The third-order valence-electron chi connectivity index (χ3n) is 2.36. The molecule has 0 unspecified atom stereocenters. The van der Waals surface area contributed by atoms with E-state index in [1.165, 1.54) is 12.1 Å². The Hall–Kier alpha value is -1.58. The van der Waals surface area contributed by atoms with Gasteiger partial charge in [-0.05, 0) is 12.0 Å². The number of Topliss-reactive ketones (excluding diaryl/α,β-unsaturated/α-hetero) is 1. The Balaban J connectivity index is 2.31. The normalized spacial score (nSPS) is 13.2. The molecule has 1 aromatic carbocycles. The highest BCUT2D eigenvalue weighted by molar-refractivity contribution is 5.97. The number of carbonyl (C=O) groups is 1. The quantitative estimate of drug-likeness (QED) is 0.740. The van der Waals surface area contributed by atoms with Gasteiger partial charge in [0.1, 0.15) is 5.82 Å². The van der Waals surface area contributed by atoms with Crippen LogP contribution in [0, 0.1) is 11.7 Å². The van der Waals surface area contributed by atoms with Crippen molar-refractivity contribution >= 4 is 5.78 Å². The van der Waals surface area contributed by atoms with Crippen LogP contribution in [0.4, 0.5) is 4.39 Å². The lowest BCUT2D eigenvalue weighted by atomic mass is 10.0. The van der Waals surface area contributed by atoms with Crippen LogP contribution in [0.3, 0.4) is 0 Å². The Morgan fingerprint density at radius 3 is 2.62 bits per heavy atom. The molecule has 0 atom stereocenters. The zero-order chi connectivity index (χ0) is 11.7. The van der Waals surface area contributed by atoms with Gasteiger partial charge in [-0.15, -0.1) is 0 Å². The number of rotatable bonds is 3. The average Bonchev–Trinajstić information content (AvgIpc) is 2.61. The maximum Gasteiger partial charge on any atom is 0.231 e. The van der Waals surface area contributed by atoms with Gasteiger partial charge < -0.3 is 9.47 Å². The van der Waals surface area contributed by atoms with Crippen molar-refractivity contribution in [2.75, 3.05) is 6.79 Å². The number of halogens is 1. The van der Waals surface area contributed by atoms with Crippen molar-refractivity contribution in [2.45, 2.75) is 20.3 Å². The molecule has 3 nitrogen and oxygen atoms in total. The van der Waals surface area contributed by atoms with Gasteiger partial charge in [-0.25, -0.2) is 4.39 Å². The molecule has 2 rings (SSSR count). The summed E-state index contributed by atoms with van der Waals surface area (Å²) in [6, 6.07) is 2.62. The average molecular weight is 224 g/mol. The second kappa shape index (κ2) is 4.12. The third-order valence-corrected chi connectivity index (χ3v) is 2.36. The zero-order valence-electron chi connectivity index (χ0n) is 9.25. The van der Waals surface area contributed by atoms with E-state index in [1.54, 1.807) is 0 Å². The highest BCUT2D eigenvalue weighted by atomic mass is 19.1. The van der Waals surface area contributed by atoms with Crippen molar-refractivity contribution in [3.8, 4) is 11.5 Å². The largest absolute Gasteiger partial charge is 0.454 e. The van der Waals surface area contributed by atoms with Gasteiger partial charge in [0, 0.05) is 12.5 Å². The van der Waals surface area contributed by atoms with Crippen LogP contribution in [0.15, 0.2) is 12.1 Å². The van der Waals surface area contributed by atoms with E-state index < -0.39 is 5.82 Å². The number of hydrogen-bond acceptors (Lipinski definition) is 3. The molecule has 0 saturated heterocycles. The molecular weight excluding hydrogens is 211 g/mol. The molecule has 0 bridgehead atoms. The van der Waals surface area contributed by atoms with Gasteiger partial charge in [0.2, 0.25) is 6.79 Å². The van der Waals surface area contributed by atoms with Crippen molar-refractivity contribution < 1.29 is 18.7 Å². The fraction of sp³-hybridized carbons (Fsp3) is 0.417. The standard InChI is InChI=1S/C12H13FO3/c1-7(2)3-10(14)8-4-11-12(5-9(8)13)16-6-15-11/h4-5,7H,3,6H2,1-2H3. The maximum atomic E-state index is 13.6. The number of hydrogen-bond donors (Lipinski definition) is 0. The van der Waals surface area contributed by atoms with Gasteiger partial charge in [0.05, 0.1) is 5.56 Å². The molecule has 1 aliphatic heterocycles. The van der Waals surface area contributed by atoms with Gasteiger partial charge in [0.15, 0.2) is 17.3 Å². The maximum absolute atomic E-state index is 13.6. The van der Waals surface area contributed by atoms with E-state index in [2.05, 4.69) is 0 Å². The van der Waals surface area contributed by atoms with Gasteiger partial charge in [0.25, 0.3) is 0 Å². The van der Waals surface area contributed by atoms with Crippen LogP contribution >= 0.6 is 0 Å². The molecule has 86 valence electrons. The van der Waals surface area contributed by atoms with Gasteiger partial charge in [-0.1, -0.05) is 13.8 Å². The Labute approximate surface area is 93.2 Å². The van der Waals surface area contributed by atoms with Crippen LogP contribution in [0.5, 0.6) is 11.5 Å². The molecule has 0 saturated carbocycles. The number of benzene rings is 1. The van der Waals surface area contributed by atoms with E-state index in [4.69, 9.17) is 9.47 Å². The van der Waals surface area contributed by atoms with Gasteiger partial charge in [-0.3, -0.25) is 4.79 Å². The van der Waals surface area contributed by atoms with Gasteiger partial charge >= 0.3 is 0 Å². The van der Waals surface area contributed by atoms with Crippen molar-refractivity contribution in [1.82, 2.24) is 0 Å². The number of carbonyl (C=O) groups excluding carboxylic acids is 1. The van der Waals surface area contributed by atoms with Crippen LogP contribution in [-0.2, 0) is 0 Å². The summed E-state index contributed by atoms with van der Waals surface area (Å²) in [5.74, 6) is 0.255. The van der Waals surface area contributed by atoms with Crippen molar-refractivity contribution in [3.63, 3.8) is 0 Å². The van der Waals surface area contributed by atoms with E-state index in [0.717, 1.165) is 0 Å². The zero-order valence-corrected chi connectivity index (χ0v) is 9.25. The predicted octanol–water partition coefficient (Wildman–Crippen LogP) is 2.78. The van der Waals surface area contributed by atoms with E-state index in [-0.39, 0.29) is 24.1 Å². The van der Waals surface area contributed by atoms with Gasteiger partial charge in [-0.2, -0.15) is 0 Å². The molecule has 1 aromatic rings. The summed E-state index contributed by atoms with van der Waals surface area (Å²) in [6.45, 7) is 3.92. The Kier molecular flexibility index (Phi) is 2.81. The van der Waals surface area contributed by atoms with Crippen LogP contribution in [-0.4, -0.2) is 12.6 Å². The lowest BCUT2D eigenvalue weighted by molar-refractivity contribution is 0.0963. The lowest BCUT2D eigenvalue weighted by Gasteiger charge is -2.06. The lowest BCUT2D eigenvalue weighted by Crippen LogP contribution is -2.06. The molecular formula is C12H13FO3. The molecule has 4 heteroatoms. The SMILES string of the molecule is CC(C)CC(=O)c1cc2c(cc1F)OCO2. The predicted molar refractivity (Wildman–Crippen MR) is 56.3 cm³/mol. The van der Waals surface area contributed by atoms with Crippen LogP contribution in [0.1, 0.15) is 30.6 Å². The van der Waals surface area contributed by atoms with E-state index in [0.29, 0.717) is 17.9 Å². The van der Waals surface area contributed by atoms with Crippen molar-refractivity contribution in [2.24, 2.45) is 5.92 Å². The molecule has 16 heavy (non-hydrogen) atoms.